The average molecular weight is 233 g/mol. The largest absolute Gasteiger partial charge is 0.452 e. The fourth-order valence-electron chi connectivity index (χ4n) is 1.13. The van der Waals surface area contributed by atoms with Crippen LogP contribution in [0.25, 0.3) is 0 Å². The molecule has 0 atom stereocenters. The number of anilines is 1. The first-order valence-electron chi connectivity index (χ1n) is 5.24. The Morgan fingerprint density at radius 1 is 1.24 bits per heavy atom. The van der Waals surface area contributed by atoms with E-state index >= 15 is 0 Å². The monoisotopic (exact) mass is 233 g/mol. The molecule has 0 aliphatic rings. The highest BCUT2D eigenvalue weighted by Crippen LogP contribution is 2.04. The van der Waals surface area contributed by atoms with Gasteiger partial charge in [0.2, 0.25) is 0 Å². The van der Waals surface area contributed by atoms with E-state index in [1.165, 1.54) is 6.08 Å². The molecule has 0 saturated carbocycles. The van der Waals surface area contributed by atoms with Crippen molar-refractivity contribution >= 4 is 17.6 Å². The number of ether oxygens (including phenoxy) is 1. The Hall–Kier alpha value is -2.10. The molecular formula is C13H15NO3. The van der Waals surface area contributed by atoms with Crippen LogP contribution < -0.4 is 5.32 Å². The molecule has 0 aliphatic carbocycles. The van der Waals surface area contributed by atoms with Gasteiger partial charge in [0.25, 0.3) is 5.91 Å². The summed E-state index contributed by atoms with van der Waals surface area (Å²) in [5, 5.41) is 2.61. The van der Waals surface area contributed by atoms with E-state index in [0.717, 1.165) is 5.57 Å². The number of carbonyl (C=O) groups is 2. The van der Waals surface area contributed by atoms with Crippen molar-refractivity contribution in [3.8, 4) is 0 Å². The van der Waals surface area contributed by atoms with Crippen LogP contribution in [0.4, 0.5) is 5.69 Å². The highest BCUT2D eigenvalue weighted by atomic mass is 16.5. The Morgan fingerprint density at radius 2 is 1.88 bits per heavy atom. The summed E-state index contributed by atoms with van der Waals surface area (Å²) in [6.07, 6.45) is 1.34. The van der Waals surface area contributed by atoms with Gasteiger partial charge in [0.1, 0.15) is 0 Å². The summed E-state index contributed by atoms with van der Waals surface area (Å²) in [4.78, 5) is 22.5. The molecule has 0 unspecified atom stereocenters. The molecule has 1 amide bonds. The molecule has 0 fully saturated rings. The van der Waals surface area contributed by atoms with E-state index in [1.807, 2.05) is 18.2 Å². The fraction of sp³-hybridized carbons (Fsp3) is 0.231. The summed E-state index contributed by atoms with van der Waals surface area (Å²) < 4.78 is 4.76. The molecule has 4 nitrogen and oxygen atoms in total. The minimum Gasteiger partial charge on any atom is -0.452 e. The van der Waals surface area contributed by atoms with Gasteiger partial charge in [0.15, 0.2) is 6.61 Å². The molecule has 0 radical (unpaired) electrons. The minimum absolute atomic E-state index is 0.280. The molecule has 0 spiro atoms. The molecule has 17 heavy (non-hydrogen) atoms. The van der Waals surface area contributed by atoms with Crippen molar-refractivity contribution in [2.75, 3.05) is 11.9 Å². The van der Waals surface area contributed by atoms with Gasteiger partial charge in [-0.25, -0.2) is 4.79 Å². The SMILES string of the molecule is CC(C)=CC(=O)OCC(=O)Nc1ccccc1. The molecule has 90 valence electrons. The van der Waals surface area contributed by atoms with Gasteiger partial charge in [-0.15, -0.1) is 0 Å². The normalized spacial score (nSPS) is 9.29. The molecule has 1 aromatic carbocycles. The van der Waals surface area contributed by atoms with E-state index in [2.05, 4.69) is 5.32 Å². The molecule has 1 rings (SSSR count). The van der Waals surface area contributed by atoms with Crippen LogP contribution in [0.5, 0.6) is 0 Å². The maximum atomic E-state index is 11.4. The van der Waals surface area contributed by atoms with E-state index in [1.54, 1.807) is 26.0 Å². The Morgan fingerprint density at radius 3 is 2.47 bits per heavy atom. The summed E-state index contributed by atoms with van der Waals surface area (Å²) in [5.41, 5.74) is 1.51. The van der Waals surface area contributed by atoms with Crippen molar-refractivity contribution in [1.29, 1.82) is 0 Å². The van der Waals surface area contributed by atoms with Crippen molar-refractivity contribution < 1.29 is 14.3 Å². The van der Waals surface area contributed by atoms with Crippen molar-refractivity contribution in [1.82, 2.24) is 0 Å². The first-order valence-corrected chi connectivity index (χ1v) is 5.24. The van der Waals surface area contributed by atoms with E-state index in [4.69, 9.17) is 4.74 Å². The lowest BCUT2D eigenvalue weighted by Gasteiger charge is -2.04. The first kappa shape index (κ1) is 13.0. The van der Waals surface area contributed by atoms with Crippen LogP contribution in [0.15, 0.2) is 42.0 Å². The van der Waals surface area contributed by atoms with Gasteiger partial charge in [-0.2, -0.15) is 0 Å². The molecule has 0 aliphatic heterocycles. The zero-order valence-electron chi connectivity index (χ0n) is 9.90. The van der Waals surface area contributed by atoms with Gasteiger partial charge in [-0.05, 0) is 26.0 Å². The minimum atomic E-state index is -0.506. The van der Waals surface area contributed by atoms with E-state index in [0.29, 0.717) is 5.69 Å². The number of para-hydroxylation sites is 1. The Labute approximate surface area is 100 Å². The number of hydrogen-bond donors (Lipinski definition) is 1. The molecule has 1 aromatic rings. The molecule has 0 bridgehead atoms. The fourth-order valence-corrected chi connectivity index (χ4v) is 1.13. The summed E-state index contributed by atoms with van der Waals surface area (Å²) in [5.74, 6) is -0.861. The highest BCUT2D eigenvalue weighted by Gasteiger charge is 2.05. The van der Waals surface area contributed by atoms with Crippen molar-refractivity contribution in [2.45, 2.75) is 13.8 Å². The van der Waals surface area contributed by atoms with Gasteiger partial charge in [-0.1, -0.05) is 23.8 Å². The van der Waals surface area contributed by atoms with E-state index in [-0.39, 0.29) is 12.5 Å². The third-order valence-corrected chi connectivity index (χ3v) is 1.81. The number of amides is 1. The zero-order chi connectivity index (χ0) is 12.7. The highest BCUT2D eigenvalue weighted by molar-refractivity contribution is 5.93. The van der Waals surface area contributed by atoms with Crippen LogP contribution >= 0.6 is 0 Å². The lowest BCUT2D eigenvalue weighted by atomic mass is 10.3. The molecule has 0 saturated heterocycles. The Balaban J connectivity index is 2.36. The number of benzene rings is 1. The van der Waals surface area contributed by atoms with Gasteiger partial charge in [0.05, 0.1) is 0 Å². The summed E-state index contributed by atoms with van der Waals surface area (Å²) >= 11 is 0. The third-order valence-electron chi connectivity index (χ3n) is 1.81. The van der Waals surface area contributed by atoms with Gasteiger partial charge < -0.3 is 10.1 Å². The predicted molar refractivity (Wildman–Crippen MR) is 65.5 cm³/mol. The van der Waals surface area contributed by atoms with Crippen LogP contribution in [-0.2, 0) is 14.3 Å². The quantitative estimate of drug-likeness (QED) is 0.640. The van der Waals surface area contributed by atoms with Crippen LogP contribution in [0.1, 0.15) is 13.8 Å². The second-order valence-corrected chi connectivity index (χ2v) is 3.74. The average Bonchev–Trinajstić information content (AvgIpc) is 2.27. The standard InChI is InChI=1S/C13H15NO3/c1-10(2)8-13(16)17-9-12(15)14-11-6-4-3-5-7-11/h3-8H,9H2,1-2H3,(H,14,15). The van der Waals surface area contributed by atoms with Crippen LogP contribution in [-0.4, -0.2) is 18.5 Å². The van der Waals surface area contributed by atoms with E-state index < -0.39 is 5.97 Å². The lowest BCUT2D eigenvalue weighted by Crippen LogP contribution is -2.20. The van der Waals surface area contributed by atoms with Gasteiger partial charge in [0, 0.05) is 11.8 Å². The number of nitrogens with one attached hydrogen (secondary N) is 1. The second-order valence-electron chi connectivity index (χ2n) is 3.74. The smallest absolute Gasteiger partial charge is 0.331 e. The zero-order valence-corrected chi connectivity index (χ0v) is 9.90. The van der Waals surface area contributed by atoms with Crippen molar-refractivity contribution in [3.63, 3.8) is 0 Å². The predicted octanol–water partition coefficient (Wildman–Crippen LogP) is 2.13. The van der Waals surface area contributed by atoms with E-state index in [9.17, 15) is 9.59 Å². The molecule has 0 heterocycles. The van der Waals surface area contributed by atoms with Crippen LogP contribution in [0.3, 0.4) is 0 Å². The molecular weight excluding hydrogens is 218 g/mol. The molecule has 4 heteroatoms. The second kappa shape index (κ2) is 6.48. The molecule has 0 aromatic heterocycles. The van der Waals surface area contributed by atoms with Crippen LogP contribution in [0, 0.1) is 0 Å². The Kier molecular flexibility index (Phi) is 4.94. The molecule has 1 N–H and O–H groups in total. The number of rotatable bonds is 4. The van der Waals surface area contributed by atoms with Gasteiger partial charge in [-0.3, -0.25) is 4.79 Å². The number of allylic oxidation sites excluding steroid dienone is 1. The summed E-state index contributed by atoms with van der Waals surface area (Å²) in [6.45, 7) is 3.29. The van der Waals surface area contributed by atoms with Crippen LogP contribution in [0.2, 0.25) is 0 Å². The summed E-state index contributed by atoms with van der Waals surface area (Å²) in [7, 11) is 0. The Bertz CT molecular complexity index is 420. The maximum absolute atomic E-state index is 11.4. The topological polar surface area (TPSA) is 55.4 Å². The number of carbonyl (C=O) groups excluding carboxylic acids is 2. The first-order chi connectivity index (χ1) is 8.08. The maximum Gasteiger partial charge on any atom is 0.331 e. The van der Waals surface area contributed by atoms with Gasteiger partial charge >= 0.3 is 5.97 Å². The van der Waals surface area contributed by atoms with Crippen molar-refractivity contribution in [3.05, 3.63) is 42.0 Å². The number of esters is 1. The summed E-state index contributed by atoms with van der Waals surface area (Å²) in [6, 6.07) is 8.99. The van der Waals surface area contributed by atoms with Crippen molar-refractivity contribution in [2.24, 2.45) is 0 Å². The number of hydrogen-bond acceptors (Lipinski definition) is 3. The lowest BCUT2D eigenvalue weighted by molar-refractivity contribution is -0.142. The third kappa shape index (κ3) is 5.51.